The van der Waals surface area contributed by atoms with E-state index in [4.69, 9.17) is 12.2 Å². The first-order valence-corrected chi connectivity index (χ1v) is 7.22. The molecule has 20 heavy (non-hydrogen) atoms. The molecule has 0 aliphatic carbocycles. The SMILES string of the molecule is CN1CCC(Cn2c(=S)[nH]c3ccc(F)c(F)c32)CC1. The third-order valence-electron chi connectivity index (χ3n) is 4.10. The van der Waals surface area contributed by atoms with E-state index >= 15 is 0 Å². The van der Waals surface area contributed by atoms with Crippen molar-refractivity contribution >= 4 is 23.3 Å². The van der Waals surface area contributed by atoms with Crippen LogP contribution in [0.15, 0.2) is 12.1 Å². The molecule has 1 N–H and O–H groups in total. The number of hydrogen-bond acceptors (Lipinski definition) is 2. The first-order chi connectivity index (χ1) is 9.56. The molecular formula is C14H17F2N3S. The van der Waals surface area contributed by atoms with Crippen LogP contribution in [0.2, 0.25) is 0 Å². The van der Waals surface area contributed by atoms with E-state index in [1.165, 1.54) is 6.07 Å². The number of benzene rings is 1. The average Bonchev–Trinajstić information content (AvgIpc) is 2.74. The van der Waals surface area contributed by atoms with Gasteiger partial charge in [-0.2, -0.15) is 0 Å². The van der Waals surface area contributed by atoms with E-state index in [1.54, 1.807) is 4.57 Å². The predicted octanol–water partition coefficient (Wildman–Crippen LogP) is 3.32. The number of H-pyrrole nitrogens is 1. The van der Waals surface area contributed by atoms with Crippen LogP contribution in [0.5, 0.6) is 0 Å². The van der Waals surface area contributed by atoms with Crippen molar-refractivity contribution in [3.8, 4) is 0 Å². The number of aromatic amines is 1. The van der Waals surface area contributed by atoms with Gasteiger partial charge in [0.05, 0.1) is 5.52 Å². The van der Waals surface area contributed by atoms with Crippen molar-refractivity contribution in [2.24, 2.45) is 5.92 Å². The van der Waals surface area contributed by atoms with Crippen molar-refractivity contribution in [2.45, 2.75) is 19.4 Å². The molecule has 3 nitrogen and oxygen atoms in total. The molecule has 1 aliphatic heterocycles. The maximum absolute atomic E-state index is 14.0. The minimum Gasteiger partial charge on any atom is -0.330 e. The van der Waals surface area contributed by atoms with Crippen molar-refractivity contribution in [2.75, 3.05) is 20.1 Å². The van der Waals surface area contributed by atoms with Crippen LogP contribution >= 0.6 is 12.2 Å². The number of likely N-dealkylation sites (tertiary alicyclic amines) is 1. The maximum atomic E-state index is 14.0. The smallest absolute Gasteiger partial charge is 0.184 e. The molecule has 3 rings (SSSR count). The Bertz CT molecular complexity index is 684. The van der Waals surface area contributed by atoms with E-state index in [-0.39, 0.29) is 5.52 Å². The fourth-order valence-electron chi connectivity index (χ4n) is 2.87. The lowest BCUT2D eigenvalue weighted by atomic mass is 9.97. The number of nitrogens with zero attached hydrogens (tertiary/aromatic N) is 2. The Hall–Kier alpha value is -1.27. The van der Waals surface area contributed by atoms with Gasteiger partial charge in [-0.1, -0.05) is 0 Å². The van der Waals surface area contributed by atoms with Gasteiger partial charge >= 0.3 is 0 Å². The molecular weight excluding hydrogens is 280 g/mol. The molecule has 0 saturated carbocycles. The molecule has 0 unspecified atom stereocenters. The van der Waals surface area contributed by atoms with E-state index in [9.17, 15) is 8.78 Å². The van der Waals surface area contributed by atoms with Crippen LogP contribution in [-0.2, 0) is 6.54 Å². The summed E-state index contributed by atoms with van der Waals surface area (Å²) in [5, 5.41) is 0. The van der Waals surface area contributed by atoms with Crippen LogP contribution in [-0.4, -0.2) is 34.6 Å². The Balaban J connectivity index is 1.97. The number of hydrogen-bond donors (Lipinski definition) is 1. The summed E-state index contributed by atoms with van der Waals surface area (Å²) in [5.41, 5.74) is 0.816. The molecule has 1 aromatic carbocycles. The molecule has 108 valence electrons. The van der Waals surface area contributed by atoms with E-state index < -0.39 is 11.6 Å². The van der Waals surface area contributed by atoms with Crippen LogP contribution < -0.4 is 0 Å². The van der Waals surface area contributed by atoms with Gasteiger partial charge in [0.15, 0.2) is 16.4 Å². The van der Waals surface area contributed by atoms with E-state index in [0.717, 1.165) is 32.0 Å². The molecule has 1 aromatic heterocycles. The first-order valence-electron chi connectivity index (χ1n) is 6.81. The fourth-order valence-corrected chi connectivity index (χ4v) is 3.14. The lowest BCUT2D eigenvalue weighted by Crippen LogP contribution is -2.31. The number of rotatable bonds is 2. The molecule has 0 atom stereocenters. The zero-order valence-corrected chi connectivity index (χ0v) is 12.1. The topological polar surface area (TPSA) is 24.0 Å². The number of piperidine rings is 1. The van der Waals surface area contributed by atoms with E-state index in [2.05, 4.69) is 16.9 Å². The highest BCUT2D eigenvalue weighted by atomic mass is 32.1. The van der Waals surface area contributed by atoms with Crippen molar-refractivity contribution in [3.05, 3.63) is 28.5 Å². The highest BCUT2D eigenvalue weighted by molar-refractivity contribution is 7.71. The van der Waals surface area contributed by atoms with Gasteiger partial charge in [0, 0.05) is 6.54 Å². The van der Waals surface area contributed by atoms with Gasteiger partial charge < -0.3 is 14.5 Å². The second kappa shape index (κ2) is 5.26. The second-order valence-corrected chi connectivity index (χ2v) is 5.93. The lowest BCUT2D eigenvalue weighted by Gasteiger charge is -2.29. The number of halogens is 2. The Kier molecular flexibility index (Phi) is 3.60. The van der Waals surface area contributed by atoms with Crippen molar-refractivity contribution in [1.82, 2.24) is 14.5 Å². The standard InChI is InChI=1S/C14H17F2N3S/c1-18-6-4-9(5-7-18)8-19-13-11(17-14(19)20)3-2-10(15)12(13)16/h2-3,9H,4-8H2,1H3,(H,17,20). The van der Waals surface area contributed by atoms with Gasteiger partial charge in [-0.15, -0.1) is 0 Å². The molecule has 2 heterocycles. The van der Waals surface area contributed by atoms with E-state index in [1.807, 2.05) is 0 Å². The van der Waals surface area contributed by atoms with Gasteiger partial charge in [-0.05, 0) is 63.2 Å². The minimum atomic E-state index is -0.830. The molecule has 0 spiro atoms. The normalized spacial score (nSPS) is 17.9. The van der Waals surface area contributed by atoms with Crippen LogP contribution in [0.1, 0.15) is 12.8 Å². The third-order valence-corrected chi connectivity index (χ3v) is 4.43. The minimum absolute atomic E-state index is 0.258. The van der Waals surface area contributed by atoms with Crippen LogP contribution in [0.4, 0.5) is 8.78 Å². The van der Waals surface area contributed by atoms with Crippen molar-refractivity contribution in [1.29, 1.82) is 0 Å². The number of imidazole rings is 1. The van der Waals surface area contributed by atoms with Crippen LogP contribution in [0.25, 0.3) is 11.0 Å². The Morgan fingerprint density at radius 3 is 2.70 bits per heavy atom. The lowest BCUT2D eigenvalue weighted by molar-refractivity contribution is 0.205. The molecule has 1 aliphatic rings. The molecule has 0 amide bonds. The van der Waals surface area contributed by atoms with Crippen LogP contribution in [0.3, 0.4) is 0 Å². The predicted molar refractivity (Wildman–Crippen MR) is 77.3 cm³/mol. The summed E-state index contributed by atoms with van der Waals surface area (Å²) in [7, 11) is 2.10. The van der Waals surface area contributed by atoms with Gasteiger partial charge in [-0.3, -0.25) is 0 Å². The molecule has 1 fully saturated rings. The molecule has 0 radical (unpaired) electrons. The fraction of sp³-hybridized carbons (Fsp3) is 0.500. The van der Waals surface area contributed by atoms with Crippen molar-refractivity contribution in [3.63, 3.8) is 0 Å². The van der Waals surface area contributed by atoms with Crippen LogP contribution in [0, 0.1) is 22.3 Å². The molecule has 0 bridgehead atoms. The second-order valence-electron chi connectivity index (χ2n) is 5.54. The van der Waals surface area contributed by atoms with Crippen molar-refractivity contribution < 1.29 is 8.78 Å². The van der Waals surface area contributed by atoms with Gasteiger partial charge in [0.25, 0.3) is 0 Å². The number of nitrogens with one attached hydrogen (secondary N) is 1. The highest BCUT2D eigenvalue weighted by Crippen LogP contribution is 2.24. The number of aromatic nitrogens is 2. The highest BCUT2D eigenvalue weighted by Gasteiger charge is 2.20. The Labute approximate surface area is 121 Å². The zero-order valence-electron chi connectivity index (χ0n) is 11.3. The molecule has 1 saturated heterocycles. The Morgan fingerprint density at radius 2 is 2.00 bits per heavy atom. The zero-order chi connectivity index (χ0) is 14.3. The third kappa shape index (κ3) is 2.38. The average molecular weight is 297 g/mol. The summed E-state index contributed by atoms with van der Waals surface area (Å²) in [6.45, 7) is 2.72. The summed E-state index contributed by atoms with van der Waals surface area (Å²) in [6, 6.07) is 2.66. The summed E-state index contributed by atoms with van der Waals surface area (Å²) in [5.74, 6) is -1.19. The van der Waals surface area contributed by atoms with Gasteiger partial charge in [0.1, 0.15) is 5.52 Å². The number of fused-ring (bicyclic) bond motifs is 1. The summed E-state index contributed by atoms with van der Waals surface area (Å²) >= 11 is 5.26. The summed E-state index contributed by atoms with van der Waals surface area (Å²) in [6.07, 6.45) is 2.11. The Morgan fingerprint density at radius 1 is 1.30 bits per heavy atom. The van der Waals surface area contributed by atoms with Gasteiger partial charge in [-0.25, -0.2) is 8.78 Å². The summed E-state index contributed by atoms with van der Waals surface area (Å²) in [4.78, 5) is 5.24. The monoisotopic (exact) mass is 297 g/mol. The van der Waals surface area contributed by atoms with E-state index in [0.29, 0.717) is 22.8 Å². The quantitative estimate of drug-likeness (QED) is 0.860. The van der Waals surface area contributed by atoms with Gasteiger partial charge in [0.2, 0.25) is 0 Å². The summed E-state index contributed by atoms with van der Waals surface area (Å²) < 4.78 is 29.6. The molecule has 2 aromatic rings. The molecule has 6 heteroatoms. The first kappa shape index (κ1) is 13.7. The maximum Gasteiger partial charge on any atom is 0.184 e. The largest absolute Gasteiger partial charge is 0.330 e.